The molecule has 0 N–H and O–H groups in total. The minimum absolute atomic E-state index is 0.252. The fraction of sp³-hybridized carbons (Fsp3) is 0.353. The van der Waals surface area contributed by atoms with Gasteiger partial charge in [-0.1, -0.05) is 0 Å². The molecule has 0 radical (unpaired) electrons. The molecule has 2 amide bonds. The number of amides is 2. The Bertz CT molecular complexity index is 763. The predicted octanol–water partition coefficient (Wildman–Crippen LogP) is 1.93. The summed E-state index contributed by atoms with van der Waals surface area (Å²) in [6, 6.07) is 6.05. The summed E-state index contributed by atoms with van der Waals surface area (Å²) in [5.74, 6) is -0.766. The molecule has 3 rings (SSSR count). The topological polar surface area (TPSA) is 67.7 Å². The van der Waals surface area contributed by atoms with Gasteiger partial charge >= 0.3 is 6.09 Å². The number of carbonyl (C=O) groups is 2. The maximum Gasteiger partial charge on any atom is 0.409 e. The van der Waals surface area contributed by atoms with Crippen molar-refractivity contribution in [1.82, 2.24) is 19.6 Å². The Morgan fingerprint density at radius 3 is 2.60 bits per heavy atom. The molecule has 1 saturated heterocycles. The number of rotatable bonds is 2. The predicted molar refractivity (Wildman–Crippen MR) is 88.0 cm³/mol. The Hall–Kier alpha value is -2.90. The molecule has 1 aromatic heterocycles. The molecular weight excluding hydrogens is 327 g/mol. The van der Waals surface area contributed by atoms with Crippen LogP contribution in [0.15, 0.2) is 36.7 Å². The number of benzene rings is 1. The molecule has 0 unspecified atom stereocenters. The van der Waals surface area contributed by atoms with Crippen molar-refractivity contribution >= 4 is 12.0 Å². The van der Waals surface area contributed by atoms with Crippen LogP contribution in [0.25, 0.3) is 5.69 Å². The van der Waals surface area contributed by atoms with E-state index >= 15 is 0 Å². The van der Waals surface area contributed by atoms with Crippen molar-refractivity contribution < 1.29 is 18.7 Å². The maximum absolute atomic E-state index is 14.3. The lowest BCUT2D eigenvalue weighted by molar-refractivity contribution is 0.0756. The second kappa shape index (κ2) is 7.33. The highest BCUT2D eigenvalue weighted by Gasteiger charge is 2.23. The first-order valence-electron chi connectivity index (χ1n) is 8.02. The zero-order chi connectivity index (χ0) is 17.8. The summed E-state index contributed by atoms with van der Waals surface area (Å²) in [4.78, 5) is 27.4. The van der Waals surface area contributed by atoms with Crippen LogP contribution in [-0.2, 0) is 4.74 Å². The zero-order valence-electron chi connectivity index (χ0n) is 13.9. The van der Waals surface area contributed by atoms with E-state index in [1.165, 1.54) is 23.9 Å². The van der Waals surface area contributed by atoms with E-state index in [1.807, 2.05) is 0 Å². The summed E-state index contributed by atoms with van der Waals surface area (Å²) in [6.45, 7) is 1.82. The number of hydrogen-bond donors (Lipinski definition) is 0. The van der Waals surface area contributed by atoms with Crippen molar-refractivity contribution in [2.45, 2.75) is 6.42 Å². The average Bonchev–Trinajstić information content (AvgIpc) is 3.04. The van der Waals surface area contributed by atoms with Gasteiger partial charge in [0.15, 0.2) is 0 Å². The Morgan fingerprint density at radius 2 is 1.92 bits per heavy atom. The van der Waals surface area contributed by atoms with Crippen molar-refractivity contribution in [3.63, 3.8) is 0 Å². The molecule has 0 bridgehead atoms. The molecule has 0 atom stereocenters. The van der Waals surface area contributed by atoms with Gasteiger partial charge in [0, 0.05) is 44.1 Å². The van der Waals surface area contributed by atoms with Crippen molar-refractivity contribution in [1.29, 1.82) is 0 Å². The Labute approximate surface area is 144 Å². The largest absolute Gasteiger partial charge is 0.453 e. The highest BCUT2D eigenvalue weighted by molar-refractivity contribution is 5.94. The van der Waals surface area contributed by atoms with E-state index < -0.39 is 11.9 Å². The van der Waals surface area contributed by atoms with Gasteiger partial charge in [-0.25, -0.2) is 13.9 Å². The van der Waals surface area contributed by atoms with E-state index in [2.05, 4.69) is 5.10 Å². The molecule has 2 heterocycles. The first kappa shape index (κ1) is 16.9. The molecule has 0 aliphatic carbocycles. The maximum atomic E-state index is 14.3. The lowest BCUT2D eigenvalue weighted by Gasteiger charge is -2.21. The molecule has 0 spiro atoms. The van der Waals surface area contributed by atoms with Gasteiger partial charge in [-0.15, -0.1) is 0 Å². The van der Waals surface area contributed by atoms with E-state index in [0.717, 1.165) is 0 Å². The van der Waals surface area contributed by atoms with Crippen LogP contribution < -0.4 is 0 Å². The van der Waals surface area contributed by atoms with E-state index in [1.54, 1.807) is 34.3 Å². The molecule has 0 saturated carbocycles. The van der Waals surface area contributed by atoms with Gasteiger partial charge in [-0.3, -0.25) is 4.79 Å². The molecule has 7 nitrogen and oxygen atoms in total. The fourth-order valence-electron chi connectivity index (χ4n) is 2.85. The highest BCUT2D eigenvalue weighted by Crippen LogP contribution is 2.17. The van der Waals surface area contributed by atoms with Crippen LogP contribution in [0.4, 0.5) is 9.18 Å². The van der Waals surface area contributed by atoms with Crippen molar-refractivity contribution in [2.24, 2.45) is 0 Å². The third kappa shape index (κ3) is 3.62. The first-order valence-corrected chi connectivity index (χ1v) is 8.02. The Morgan fingerprint density at radius 1 is 1.16 bits per heavy atom. The van der Waals surface area contributed by atoms with Crippen LogP contribution in [-0.4, -0.2) is 64.9 Å². The van der Waals surface area contributed by atoms with E-state index in [4.69, 9.17) is 4.74 Å². The molecule has 132 valence electrons. The van der Waals surface area contributed by atoms with Gasteiger partial charge in [0.05, 0.1) is 7.11 Å². The summed E-state index contributed by atoms with van der Waals surface area (Å²) >= 11 is 0. The van der Waals surface area contributed by atoms with Crippen LogP contribution in [0.5, 0.6) is 0 Å². The number of methoxy groups -OCH3 is 1. The monoisotopic (exact) mass is 346 g/mol. The van der Waals surface area contributed by atoms with Gasteiger partial charge in [0.25, 0.3) is 5.91 Å². The molecule has 25 heavy (non-hydrogen) atoms. The SMILES string of the molecule is COC(=O)N1CCCN(C(=O)c2ccc(-n3cccn3)c(F)c2)CC1. The van der Waals surface area contributed by atoms with Crippen molar-refractivity contribution in [3.05, 3.63) is 48.0 Å². The summed E-state index contributed by atoms with van der Waals surface area (Å²) in [5, 5.41) is 3.99. The highest BCUT2D eigenvalue weighted by atomic mass is 19.1. The smallest absolute Gasteiger partial charge is 0.409 e. The summed E-state index contributed by atoms with van der Waals surface area (Å²) in [5.41, 5.74) is 0.564. The minimum Gasteiger partial charge on any atom is -0.453 e. The molecular formula is C17H19FN4O3. The third-order valence-electron chi connectivity index (χ3n) is 4.16. The number of hydrogen-bond acceptors (Lipinski definition) is 4. The number of carbonyl (C=O) groups excluding carboxylic acids is 2. The number of aromatic nitrogens is 2. The lowest BCUT2D eigenvalue weighted by Crippen LogP contribution is -2.37. The quantitative estimate of drug-likeness (QED) is 0.833. The van der Waals surface area contributed by atoms with Crippen LogP contribution >= 0.6 is 0 Å². The second-order valence-electron chi connectivity index (χ2n) is 5.72. The molecule has 1 fully saturated rings. The standard InChI is InChI=1S/C17H19FN4O3/c1-25-17(24)21-8-3-7-20(10-11-21)16(23)13-4-5-15(14(18)12-13)22-9-2-6-19-22/h2,4-6,9,12H,3,7-8,10-11H2,1H3. The number of ether oxygens (including phenoxy) is 1. The summed E-state index contributed by atoms with van der Waals surface area (Å²) in [7, 11) is 1.33. The molecule has 1 aliphatic rings. The Balaban J connectivity index is 1.73. The van der Waals surface area contributed by atoms with Gasteiger partial charge in [-0.2, -0.15) is 5.10 Å². The molecule has 8 heteroatoms. The van der Waals surface area contributed by atoms with Gasteiger partial charge in [-0.05, 0) is 30.7 Å². The van der Waals surface area contributed by atoms with Crippen LogP contribution in [0.1, 0.15) is 16.8 Å². The molecule has 1 aromatic carbocycles. The second-order valence-corrected chi connectivity index (χ2v) is 5.72. The Kier molecular flexibility index (Phi) is 4.97. The third-order valence-corrected chi connectivity index (χ3v) is 4.16. The molecule has 1 aliphatic heterocycles. The molecule has 2 aromatic rings. The fourth-order valence-corrected chi connectivity index (χ4v) is 2.85. The minimum atomic E-state index is -0.513. The van der Waals surface area contributed by atoms with Crippen molar-refractivity contribution in [2.75, 3.05) is 33.3 Å². The van der Waals surface area contributed by atoms with E-state index in [9.17, 15) is 14.0 Å². The van der Waals surface area contributed by atoms with E-state index in [0.29, 0.717) is 32.6 Å². The summed E-state index contributed by atoms with van der Waals surface area (Å²) in [6.07, 6.45) is 3.44. The van der Waals surface area contributed by atoms with Gasteiger partial charge in [0.2, 0.25) is 0 Å². The average molecular weight is 346 g/mol. The normalized spacial score (nSPS) is 15.0. The van der Waals surface area contributed by atoms with Crippen LogP contribution in [0.2, 0.25) is 0 Å². The van der Waals surface area contributed by atoms with Gasteiger partial charge in [0.1, 0.15) is 11.5 Å². The van der Waals surface area contributed by atoms with Crippen LogP contribution in [0, 0.1) is 5.82 Å². The van der Waals surface area contributed by atoms with Crippen molar-refractivity contribution in [3.8, 4) is 5.69 Å². The number of nitrogens with zero attached hydrogens (tertiary/aromatic N) is 4. The zero-order valence-corrected chi connectivity index (χ0v) is 13.9. The van der Waals surface area contributed by atoms with Crippen LogP contribution in [0.3, 0.4) is 0 Å². The van der Waals surface area contributed by atoms with E-state index in [-0.39, 0.29) is 17.2 Å². The first-order chi connectivity index (χ1) is 12.1. The lowest BCUT2D eigenvalue weighted by atomic mass is 10.1. The van der Waals surface area contributed by atoms with Gasteiger partial charge < -0.3 is 14.5 Å². The summed E-state index contributed by atoms with van der Waals surface area (Å²) < 4.78 is 20.5. The number of halogens is 1.